The van der Waals surface area contributed by atoms with Crippen LogP contribution in [0.2, 0.25) is 0 Å². The SMILES string of the molecule is CNC(C)c1nc(-c2cnn(C)c2)no1. The standard InChI is InChI=1S/C9H13N5O/c1-6(10-2)9-12-8(13-15-9)7-4-11-14(3)5-7/h4-6,10H,1-3H3. The van der Waals surface area contributed by atoms with E-state index in [2.05, 4.69) is 20.6 Å². The van der Waals surface area contributed by atoms with Crippen LogP contribution in [0.4, 0.5) is 0 Å². The summed E-state index contributed by atoms with van der Waals surface area (Å²) < 4.78 is 6.82. The van der Waals surface area contributed by atoms with Crippen molar-refractivity contribution in [2.75, 3.05) is 7.05 Å². The normalized spacial score (nSPS) is 13.0. The van der Waals surface area contributed by atoms with E-state index < -0.39 is 0 Å². The fourth-order valence-corrected chi connectivity index (χ4v) is 1.19. The first kappa shape index (κ1) is 9.85. The Kier molecular flexibility index (Phi) is 2.51. The third-order valence-corrected chi connectivity index (χ3v) is 2.21. The predicted octanol–water partition coefficient (Wildman–Crippen LogP) is 0.750. The van der Waals surface area contributed by atoms with Gasteiger partial charge in [-0.2, -0.15) is 10.1 Å². The summed E-state index contributed by atoms with van der Waals surface area (Å²) in [5.41, 5.74) is 0.857. The number of hydrogen-bond donors (Lipinski definition) is 1. The Morgan fingerprint density at radius 1 is 1.53 bits per heavy atom. The Morgan fingerprint density at radius 3 is 2.93 bits per heavy atom. The van der Waals surface area contributed by atoms with Gasteiger partial charge in [-0.25, -0.2) is 0 Å². The highest BCUT2D eigenvalue weighted by molar-refractivity contribution is 5.50. The highest BCUT2D eigenvalue weighted by Gasteiger charge is 2.13. The fourth-order valence-electron chi connectivity index (χ4n) is 1.19. The number of nitrogens with zero attached hydrogens (tertiary/aromatic N) is 4. The molecule has 0 amide bonds. The molecule has 2 aromatic heterocycles. The van der Waals surface area contributed by atoms with E-state index in [1.807, 2.05) is 27.2 Å². The van der Waals surface area contributed by atoms with E-state index in [9.17, 15) is 0 Å². The Hall–Kier alpha value is -1.69. The van der Waals surface area contributed by atoms with Gasteiger partial charge in [0.1, 0.15) is 0 Å². The summed E-state index contributed by atoms with van der Waals surface area (Å²) in [6.07, 6.45) is 3.55. The van der Waals surface area contributed by atoms with Crippen molar-refractivity contribution in [2.45, 2.75) is 13.0 Å². The lowest BCUT2D eigenvalue weighted by Crippen LogP contribution is -2.12. The lowest BCUT2D eigenvalue weighted by Gasteiger charge is -2.01. The number of aryl methyl sites for hydroxylation is 1. The molecule has 0 bridgehead atoms. The monoisotopic (exact) mass is 207 g/mol. The van der Waals surface area contributed by atoms with Gasteiger partial charge in [0.2, 0.25) is 11.7 Å². The molecule has 0 radical (unpaired) electrons. The zero-order valence-corrected chi connectivity index (χ0v) is 8.93. The summed E-state index contributed by atoms with van der Waals surface area (Å²) >= 11 is 0. The second-order valence-corrected chi connectivity index (χ2v) is 3.37. The van der Waals surface area contributed by atoms with Crippen molar-refractivity contribution < 1.29 is 4.52 Å². The van der Waals surface area contributed by atoms with Crippen LogP contribution < -0.4 is 5.32 Å². The first-order valence-corrected chi connectivity index (χ1v) is 4.70. The van der Waals surface area contributed by atoms with Gasteiger partial charge in [-0.05, 0) is 14.0 Å². The van der Waals surface area contributed by atoms with Crippen molar-refractivity contribution in [1.29, 1.82) is 0 Å². The smallest absolute Gasteiger partial charge is 0.243 e. The van der Waals surface area contributed by atoms with Crippen LogP contribution in [0.3, 0.4) is 0 Å². The van der Waals surface area contributed by atoms with Gasteiger partial charge in [0.05, 0.1) is 17.8 Å². The van der Waals surface area contributed by atoms with Crippen LogP contribution in [0.25, 0.3) is 11.4 Å². The van der Waals surface area contributed by atoms with E-state index in [4.69, 9.17) is 4.52 Å². The Bertz CT molecular complexity index is 447. The van der Waals surface area contributed by atoms with E-state index in [-0.39, 0.29) is 6.04 Å². The Labute approximate surface area is 87.3 Å². The number of hydrogen-bond acceptors (Lipinski definition) is 5. The third kappa shape index (κ3) is 1.89. The molecule has 0 aliphatic carbocycles. The summed E-state index contributed by atoms with van der Waals surface area (Å²) in [6.45, 7) is 1.96. The van der Waals surface area contributed by atoms with Crippen LogP contribution in [0.15, 0.2) is 16.9 Å². The summed E-state index contributed by atoms with van der Waals surface area (Å²) in [6, 6.07) is 0.0583. The van der Waals surface area contributed by atoms with E-state index in [0.717, 1.165) is 5.56 Å². The molecule has 0 saturated heterocycles. The minimum atomic E-state index is 0.0583. The molecule has 1 unspecified atom stereocenters. The van der Waals surface area contributed by atoms with Crippen LogP contribution in [0.5, 0.6) is 0 Å². The van der Waals surface area contributed by atoms with Gasteiger partial charge in [-0.3, -0.25) is 4.68 Å². The van der Waals surface area contributed by atoms with Gasteiger partial charge < -0.3 is 9.84 Å². The van der Waals surface area contributed by atoms with Gasteiger partial charge in [-0.15, -0.1) is 0 Å². The van der Waals surface area contributed by atoms with Gasteiger partial charge in [0, 0.05) is 13.2 Å². The van der Waals surface area contributed by atoms with Crippen LogP contribution in [0, 0.1) is 0 Å². The number of aromatic nitrogens is 4. The second kappa shape index (κ2) is 3.82. The fraction of sp³-hybridized carbons (Fsp3) is 0.444. The molecule has 2 aromatic rings. The van der Waals surface area contributed by atoms with Crippen LogP contribution in [0.1, 0.15) is 18.9 Å². The van der Waals surface area contributed by atoms with Crippen molar-refractivity contribution >= 4 is 0 Å². The molecule has 2 heterocycles. The highest BCUT2D eigenvalue weighted by atomic mass is 16.5. The van der Waals surface area contributed by atoms with E-state index in [1.165, 1.54) is 0 Å². The van der Waals surface area contributed by atoms with E-state index in [0.29, 0.717) is 11.7 Å². The maximum Gasteiger partial charge on any atom is 0.243 e. The van der Waals surface area contributed by atoms with Crippen LogP contribution >= 0.6 is 0 Å². The van der Waals surface area contributed by atoms with Gasteiger partial charge in [0.15, 0.2) is 0 Å². The molecule has 0 aliphatic heterocycles. The molecular weight excluding hydrogens is 194 g/mol. The largest absolute Gasteiger partial charge is 0.337 e. The minimum Gasteiger partial charge on any atom is -0.337 e. The molecule has 0 aliphatic rings. The summed E-state index contributed by atoms with van der Waals surface area (Å²) in [5, 5.41) is 11.0. The molecule has 6 nitrogen and oxygen atoms in total. The molecule has 1 atom stereocenters. The van der Waals surface area contributed by atoms with Crippen molar-refractivity contribution in [2.24, 2.45) is 7.05 Å². The molecular formula is C9H13N5O. The van der Waals surface area contributed by atoms with E-state index >= 15 is 0 Å². The van der Waals surface area contributed by atoms with Gasteiger partial charge >= 0.3 is 0 Å². The lowest BCUT2D eigenvalue weighted by atomic mass is 10.3. The minimum absolute atomic E-state index is 0.0583. The van der Waals surface area contributed by atoms with Crippen molar-refractivity contribution in [3.05, 3.63) is 18.3 Å². The lowest BCUT2D eigenvalue weighted by molar-refractivity contribution is 0.347. The topological polar surface area (TPSA) is 68.8 Å². The molecule has 6 heteroatoms. The van der Waals surface area contributed by atoms with Crippen LogP contribution in [-0.2, 0) is 7.05 Å². The maximum absolute atomic E-state index is 5.12. The van der Waals surface area contributed by atoms with Crippen LogP contribution in [-0.4, -0.2) is 27.0 Å². The molecule has 0 fully saturated rings. The Morgan fingerprint density at radius 2 is 2.33 bits per heavy atom. The summed E-state index contributed by atoms with van der Waals surface area (Å²) in [5.74, 6) is 1.15. The van der Waals surface area contributed by atoms with Gasteiger partial charge in [0.25, 0.3) is 0 Å². The average Bonchev–Trinajstić information content (AvgIpc) is 2.84. The number of nitrogens with one attached hydrogen (secondary N) is 1. The molecule has 1 N–H and O–H groups in total. The molecule has 0 saturated carbocycles. The van der Waals surface area contributed by atoms with Crippen molar-refractivity contribution in [1.82, 2.24) is 25.2 Å². The quantitative estimate of drug-likeness (QED) is 0.804. The third-order valence-electron chi connectivity index (χ3n) is 2.21. The zero-order valence-electron chi connectivity index (χ0n) is 8.93. The van der Waals surface area contributed by atoms with Crippen molar-refractivity contribution in [3.63, 3.8) is 0 Å². The Balaban J connectivity index is 2.27. The molecule has 80 valence electrons. The molecule has 15 heavy (non-hydrogen) atoms. The second-order valence-electron chi connectivity index (χ2n) is 3.37. The number of rotatable bonds is 3. The van der Waals surface area contributed by atoms with Gasteiger partial charge in [-0.1, -0.05) is 5.16 Å². The first-order chi connectivity index (χ1) is 7.20. The van der Waals surface area contributed by atoms with Crippen molar-refractivity contribution in [3.8, 4) is 11.4 Å². The summed E-state index contributed by atoms with van der Waals surface area (Å²) in [7, 11) is 3.69. The molecule has 0 aromatic carbocycles. The highest BCUT2D eigenvalue weighted by Crippen LogP contribution is 2.17. The zero-order chi connectivity index (χ0) is 10.8. The predicted molar refractivity (Wildman–Crippen MR) is 54.0 cm³/mol. The molecule has 2 rings (SSSR count). The first-order valence-electron chi connectivity index (χ1n) is 4.70. The molecule has 0 spiro atoms. The van der Waals surface area contributed by atoms with E-state index in [1.54, 1.807) is 10.9 Å². The average molecular weight is 207 g/mol. The maximum atomic E-state index is 5.12. The summed E-state index contributed by atoms with van der Waals surface area (Å²) in [4.78, 5) is 4.27.